The van der Waals surface area contributed by atoms with Crippen LogP contribution in [-0.2, 0) is 0 Å². The summed E-state index contributed by atoms with van der Waals surface area (Å²) in [7, 11) is 0. The number of rotatable bonds is 9. The van der Waals surface area contributed by atoms with Crippen LogP contribution in [0.3, 0.4) is 0 Å². The van der Waals surface area contributed by atoms with E-state index in [4.69, 9.17) is 5.41 Å². The lowest BCUT2D eigenvalue weighted by molar-refractivity contribution is 0.125. The minimum absolute atomic E-state index is 0.0261. The van der Waals surface area contributed by atoms with Gasteiger partial charge in [-0.15, -0.1) is 0 Å². The molecule has 0 radical (unpaired) electrons. The first kappa shape index (κ1) is 27.7. The molecule has 0 aromatic heterocycles. The van der Waals surface area contributed by atoms with Crippen LogP contribution >= 0.6 is 0 Å². The van der Waals surface area contributed by atoms with E-state index in [-0.39, 0.29) is 28.6 Å². The van der Waals surface area contributed by atoms with E-state index in [0.717, 1.165) is 54.9 Å². The van der Waals surface area contributed by atoms with Crippen LogP contribution in [0.15, 0.2) is 42.5 Å². The van der Waals surface area contributed by atoms with Crippen molar-refractivity contribution in [3.63, 3.8) is 0 Å². The number of carbonyl (C=O) groups is 1. The molecule has 1 aliphatic heterocycles. The Hall–Kier alpha value is -2.89. The largest absolute Gasteiger partial charge is 0.355 e. The van der Waals surface area contributed by atoms with Crippen LogP contribution < -0.4 is 10.6 Å². The molecule has 0 bridgehead atoms. The zero-order valence-electron chi connectivity index (χ0n) is 22.7. The third-order valence-electron chi connectivity index (χ3n) is 7.29. The summed E-state index contributed by atoms with van der Waals surface area (Å²) < 4.78 is 13.3. The van der Waals surface area contributed by atoms with Gasteiger partial charge in [-0.1, -0.05) is 47.6 Å². The van der Waals surface area contributed by atoms with Gasteiger partial charge in [0.1, 0.15) is 5.82 Å². The summed E-state index contributed by atoms with van der Waals surface area (Å²) in [4.78, 5) is 15.0. The molecule has 2 aromatic rings. The first-order valence-electron chi connectivity index (χ1n) is 13.1. The molecule has 1 fully saturated rings. The molecule has 196 valence electrons. The van der Waals surface area contributed by atoms with E-state index >= 15 is 0 Å². The van der Waals surface area contributed by atoms with E-state index in [1.54, 1.807) is 12.1 Å². The molecular formula is C30H43FN4O. The number of nitrogens with one attached hydrogen (secondary N) is 3. The van der Waals surface area contributed by atoms with Crippen LogP contribution in [0.4, 0.5) is 20.6 Å². The monoisotopic (exact) mass is 494 g/mol. The van der Waals surface area contributed by atoms with Gasteiger partial charge in [0.15, 0.2) is 0 Å². The second-order valence-electron chi connectivity index (χ2n) is 12.1. The Morgan fingerprint density at radius 3 is 2.50 bits per heavy atom. The summed E-state index contributed by atoms with van der Waals surface area (Å²) >= 11 is 0. The SMILES string of the molecule is CC(C)CC(c1ccc(Nc2ccc(F)cc2)c(C=N)c1)C(C)(C)CNC(=O)N1CCCC(C)(C)C1. The van der Waals surface area contributed by atoms with Crippen molar-refractivity contribution in [2.24, 2.45) is 16.7 Å². The Morgan fingerprint density at radius 2 is 1.89 bits per heavy atom. The van der Waals surface area contributed by atoms with E-state index in [1.165, 1.54) is 18.3 Å². The Morgan fingerprint density at radius 1 is 1.19 bits per heavy atom. The van der Waals surface area contributed by atoms with Gasteiger partial charge in [-0.05, 0) is 83.9 Å². The number of anilines is 2. The maximum atomic E-state index is 13.3. The van der Waals surface area contributed by atoms with Gasteiger partial charge < -0.3 is 20.9 Å². The third kappa shape index (κ3) is 7.31. The molecule has 2 amide bonds. The van der Waals surface area contributed by atoms with Gasteiger partial charge in [-0.25, -0.2) is 9.18 Å². The number of piperidine rings is 1. The average Bonchev–Trinajstić information content (AvgIpc) is 2.82. The van der Waals surface area contributed by atoms with Gasteiger partial charge in [0, 0.05) is 42.8 Å². The lowest BCUT2D eigenvalue weighted by Gasteiger charge is -2.40. The second kappa shape index (κ2) is 11.4. The number of hydrogen-bond donors (Lipinski definition) is 3. The number of hydrogen-bond acceptors (Lipinski definition) is 3. The maximum absolute atomic E-state index is 13.3. The highest BCUT2D eigenvalue weighted by atomic mass is 19.1. The van der Waals surface area contributed by atoms with E-state index in [1.807, 2.05) is 11.0 Å². The van der Waals surface area contributed by atoms with Crippen molar-refractivity contribution in [1.82, 2.24) is 10.2 Å². The molecule has 1 heterocycles. The molecule has 5 nitrogen and oxygen atoms in total. The number of likely N-dealkylation sites (tertiary alicyclic amines) is 1. The van der Waals surface area contributed by atoms with E-state index < -0.39 is 0 Å². The van der Waals surface area contributed by atoms with Crippen LogP contribution in [0, 0.1) is 28.0 Å². The first-order valence-corrected chi connectivity index (χ1v) is 13.1. The van der Waals surface area contributed by atoms with Gasteiger partial charge in [-0.2, -0.15) is 0 Å². The minimum atomic E-state index is -0.280. The van der Waals surface area contributed by atoms with Crippen LogP contribution in [0.25, 0.3) is 0 Å². The molecule has 3 N–H and O–H groups in total. The van der Waals surface area contributed by atoms with Crippen LogP contribution in [0.2, 0.25) is 0 Å². The highest BCUT2D eigenvalue weighted by Gasteiger charge is 2.34. The molecular weight excluding hydrogens is 451 g/mol. The van der Waals surface area contributed by atoms with Crippen LogP contribution in [-0.4, -0.2) is 36.8 Å². The zero-order chi connectivity index (χ0) is 26.5. The number of halogens is 1. The first-order chi connectivity index (χ1) is 16.9. The van der Waals surface area contributed by atoms with Crippen molar-refractivity contribution in [3.05, 3.63) is 59.4 Å². The van der Waals surface area contributed by atoms with Gasteiger partial charge >= 0.3 is 6.03 Å². The molecule has 1 unspecified atom stereocenters. The Bertz CT molecular complexity index is 1050. The number of benzene rings is 2. The predicted octanol–water partition coefficient (Wildman–Crippen LogP) is 7.55. The van der Waals surface area contributed by atoms with E-state index in [2.05, 4.69) is 64.3 Å². The van der Waals surface area contributed by atoms with Crippen LogP contribution in [0.5, 0.6) is 0 Å². The van der Waals surface area contributed by atoms with Crippen molar-refractivity contribution >= 4 is 23.6 Å². The highest BCUT2D eigenvalue weighted by molar-refractivity contribution is 5.87. The highest BCUT2D eigenvalue weighted by Crippen LogP contribution is 2.41. The van der Waals surface area contributed by atoms with Crippen molar-refractivity contribution in [1.29, 1.82) is 5.41 Å². The van der Waals surface area contributed by atoms with Crippen molar-refractivity contribution in [2.45, 2.75) is 66.7 Å². The summed E-state index contributed by atoms with van der Waals surface area (Å²) in [5.74, 6) is 0.403. The normalized spacial score (nSPS) is 16.5. The fourth-order valence-electron chi connectivity index (χ4n) is 5.23. The topological polar surface area (TPSA) is 68.2 Å². The average molecular weight is 495 g/mol. The van der Waals surface area contributed by atoms with Gasteiger partial charge in [0.05, 0.1) is 0 Å². The summed E-state index contributed by atoms with van der Waals surface area (Å²) in [6, 6.07) is 12.4. The van der Waals surface area contributed by atoms with E-state index in [9.17, 15) is 9.18 Å². The molecule has 0 aliphatic carbocycles. The summed E-state index contributed by atoms with van der Waals surface area (Å²) in [5.41, 5.74) is 3.50. The molecule has 0 spiro atoms. The number of urea groups is 1. The number of amides is 2. The Labute approximate surface area is 216 Å². The van der Waals surface area contributed by atoms with Crippen molar-refractivity contribution < 1.29 is 9.18 Å². The molecule has 0 saturated carbocycles. The van der Waals surface area contributed by atoms with E-state index in [0.29, 0.717) is 12.5 Å². The lowest BCUT2D eigenvalue weighted by Crippen LogP contribution is -2.50. The van der Waals surface area contributed by atoms with Gasteiger partial charge in [0.25, 0.3) is 0 Å². The molecule has 1 saturated heterocycles. The molecule has 1 aliphatic rings. The zero-order valence-corrected chi connectivity index (χ0v) is 22.7. The lowest BCUT2D eigenvalue weighted by atomic mass is 9.71. The van der Waals surface area contributed by atoms with Crippen molar-refractivity contribution in [3.8, 4) is 0 Å². The third-order valence-corrected chi connectivity index (χ3v) is 7.29. The molecule has 3 rings (SSSR count). The molecule has 2 aromatic carbocycles. The summed E-state index contributed by atoms with van der Waals surface area (Å²) in [6.45, 7) is 15.5. The second-order valence-corrected chi connectivity index (χ2v) is 12.1. The fraction of sp³-hybridized carbons (Fsp3) is 0.533. The van der Waals surface area contributed by atoms with Crippen molar-refractivity contribution in [2.75, 3.05) is 25.0 Å². The summed E-state index contributed by atoms with van der Waals surface area (Å²) in [5, 5.41) is 14.5. The molecule has 36 heavy (non-hydrogen) atoms. The summed E-state index contributed by atoms with van der Waals surface area (Å²) in [6.07, 6.45) is 4.53. The molecule has 1 atom stereocenters. The number of nitrogens with zero attached hydrogens (tertiary/aromatic N) is 1. The smallest absolute Gasteiger partial charge is 0.317 e. The predicted molar refractivity (Wildman–Crippen MR) is 148 cm³/mol. The molecule has 6 heteroatoms. The maximum Gasteiger partial charge on any atom is 0.317 e. The number of carbonyl (C=O) groups excluding carboxylic acids is 1. The minimum Gasteiger partial charge on any atom is -0.355 e. The quantitative estimate of drug-likeness (QED) is 0.315. The Balaban J connectivity index is 1.78. The van der Waals surface area contributed by atoms with Gasteiger partial charge in [-0.3, -0.25) is 0 Å². The Kier molecular flexibility index (Phi) is 8.80. The van der Waals surface area contributed by atoms with Gasteiger partial charge in [0.2, 0.25) is 0 Å². The van der Waals surface area contributed by atoms with Crippen LogP contribution in [0.1, 0.15) is 77.8 Å². The fourth-order valence-corrected chi connectivity index (χ4v) is 5.23. The standard InChI is InChI=1S/C30H43FN4O/c1-21(2)16-26(30(5,6)19-33-28(36)35-15-7-14-29(3,4)20-35)22-8-13-27(23(17-22)18-32)34-25-11-9-24(31)10-12-25/h8-13,17-18,21,26,32,34H,7,14-16,19-20H2,1-6H3,(H,33,36).